The van der Waals surface area contributed by atoms with Crippen LogP contribution in [0.2, 0.25) is 0 Å². The third-order valence-electron chi connectivity index (χ3n) is 3.43. The molecule has 0 aromatic carbocycles. The van der Waals surface area contributed by atoms with Gasteiger partial charge in [0, 0.05) is 18.7 Å². The number of carbonyl (C=O) groups is 2. The van der Waals surface area contributed by atoms with Gasteiger partial charge in [-0.15, -0.1) is 11.3 Å². The number of hydrogen-bond donors (Lipinski definition) is 1. The van der Waals surface area contributed by atoms with Crippen molar-refractivity contribution >= 4 is 23.2 Å². The maximum absolute atomic E-state index is 12.6. The van der Waals surface area contributed by atoms with Crippen LogP contribution in [0.3, 0.4) is 0 Å². The van der Waals surface area contributed by atoms with E-state index in [4.69, 9.17) is 10.5 Å². The molecule has 1 aromatic heterocycles. The molecule has 0 bridgehead atoms. The molecule has 1 fully saturated rings. The van der Waals surface area contributed by atoms with Gasteiger partial charge in [-0.05, 0) is 24.3 Å². The summed E-state index contributed by atoms with van der Waals surface area (Å²) in [6.07, 6.45) is 1.57. The van der Waals surface area contributed by atoms with E-state index in [2.05, 4.69) is 11.8 Å². The summed E-state index contributed by atoms with van der Waals surface area (Å²) < 4.78 is 4.77. The van der Waals surface area contributed by atoms with Crippen molar-refractivity contribution in [3.05, 3.63) is 21.9 Å². The highest BCUT2D eigenvalue weighted by Crippen LogP contribution is 2.23. The molecular weight excluding hydrogens is 288 g/mol. The number of rotatable bonds is 2. The van der Waals surface area contributed by atoms with Crippen LogP contribution in [0.1, 0.15) is 28.1 Å². The van der Waals surface area contributed by atoms with Crippen LogP contribution in [0.25, 0.3) is 0 Å². The molecule has 1 amide bonds. The maximum Gasteiger partial charge on any atom is 0.310 e. The quantitative estimate of drug-likeness (QED) is 0.655. The molecule has 21 heavy (non-hydrogen) atoms. The van der Waals surface area contributed by atoms with Gasteiger partial charge in [0.2, 0.25) is 0 Å². The van der Waals surface area contributed by atoms with Crippen molar-refractivity contribution in [2.24, 2.45) is 11.7 Å². The first kappa shape index (κ1) is 15.5. The van der Waals surface area contributed by atoms with Crippen molar-refractivity contribution in [1.29, 1.82) is 0 Å². The fraction of sp³-hybridized carbons (Fsp3) is 0.467. The molecule has 5 nitrogen and oxygen atoms in total. The van der Waals surface area contributed by atoms with E-state index in [1.54, 1.807) is 4.90 Å². The lowest BCUT2D eigenvalue weighted by Gasteiger charge is -2.31. The first-order valence-electron chi connectivity index (χ1n) is 6.81. The van der Waals surface area contributed by atoms with Crippen LogP contribution in [0.5, 0.6) is 0 Å². The SMILES string of the molecule is COC(=O)C1CCCN(C(=O)c2sccc2C#CCN)C1. The van der Waals surface area contributed by atoms with E-state index in [0.717, 1.165) is 12.8 Å². The first-order valence-corrected chi connectivity index (χ1v) is 7.69. The zero-order valence-electron chi connectivity index (χ0n) is 11.9. The molecule has 1 aliphatic rings. The van der Waals surface area contributed by atoms with Gasteiger partial charge in [0.1, 0.15) is 4.88 Å². The number of carbonyl (C=O) groups excluding carboxylic acids is 2. The number of esters is 1. The van der Waals surface area contributed by atoms with Gasteiger partial charge < -0.3 is 15.4 Å². The lowest BCUT2D eigenvalue weighted by molar-refractivity contribution is -0.146. The van der Waals surface area contributed by atoms with E-state index in [0.29, 0.717) is 23.5 Å². The van der Waals surface area contributed by atoms with Crippen molar-refractivity contribution in [2.45, 2.75) is 12.8 Å². The van der Waals surface area contributed by atoms with E-state index in [1.807, 2.05) is 11.4 Å². The Morgan fingerprint density at radius 1 is 1.57 bits per heavy atom. The number of nitrogens with two attached hydrogens (primary N) is 1. The van der Waals surface area contributed by atoms with Crippen molar-refractivity contribution < 1.29 is 14.3 Å². The Bertz CT molecular complexity index is 585. The van der Waals surface area contributed by atoms with Crippen molar-refractivity contribution in [3.8, 4) is 11.8 Å². The van der Waals surface area contributed by atoms with Gasteiger partial charge in [-0.3, -0.25) is 9.59 Å². The molecule has 0 aliphatic carbocycles. The second-order valence-corrected chi connectivity index (χ2v) is 5.70. The molecule has 1 aromatic rings. The molecule has 6 heteroatoms. The molecule has 2 N–H and O–H groups in total. The normalized spacial score (nSPS) is 17.8. The van der Waals surface area contributed by atoms with Crippen LogP contribution in [-0.4, -0.2) is 43.5 Å². The van der Waals surface area contributed by atoms with Crippen LogP contribution in [0.4, 0.5) is 0 Å². The summed E-state index contributed by atoms with van der Waals surface area (Å²) >= 11 is 1.37. The molecule has 2 heterocycles. The molecule has 112 valence electrons. The number of piperidine rings is 1. The summed E-state index contributed by atoms with van der Waals surface area (Å²) in [7, 11) is 1.38. The maximum atomic E-state index is 12.6. The van der Waals surface area contributed by atoms with Crippen molar-refractivity contribution in [3.63, 3.8) is 0 Å². The predicted octanol–water partition coefficient (Wildman–Crippen LogP) is 1.08. The van der Waals surface area contributed by atoms with Crippen molar-refractivity contribution in [1.82, 2.24) is 4.90 Å². The van der Waals surface area contributed by atoms with Gasteiger partial charge >= 0.3 is 5.97 Å². The zero-order chi connectivity index (χ0) is 15.2. The highest BCUT2D eigenvalue weighted by Gasteiger charge is 2.30. The lowest BCUT2D eigenvalue weighted by atomic mass is 9.98. The van der Waals surface area contributed by atoms with Gasteiger partial charge in [0.25, 0.3) is 5.91 Å². The summed E-state index contributed by atoms with van der Waals surface area (Å²) in [6, 6.07) is 1.82. The van der Waals surface area contributed by atoms with E-state index >= 15 is 0 Å². The summed E-state index contributed by atoms with van der Waals surface area (Å²) in [5.74, 6) is 5.13. The van der Waals surface area contributed by atoms with Gasteiger partial charge in [0.15, 0.2) is 0 Å². The van der Waals surface area contributed by atoms with Crippen LogP contribution < -0.4 is 5.73 Å². The Balaban J connectivity index is 2.13. The number of nitrogens with zero attached hydrogens (tertiary/aromatic N) is 1. The Morgan fingerprint density at radius 3 is 3.10 bits per heavy atom. The average molecular weight is 306 g/mol. The van der Waals surface area contributed by atoms with E-state index < -0.39 is 0 Å². The average Bonchev–Trinajstić information content (AvgIpc) is 2.99. The molecule has 1 atom stereocenters. The molecule has 1 saturated heterocycles. The second kappa shape index (κ2) is 7.25. The van der Waals surface area contributed by atoms with E-state index in [1.165, 1.54) is 18.4 Å². The van der Waals surface area contributed by atoms with E-state index in [9.17, 15) is 9.59 Å². The minimum atomic E-state index is -0.248. The largest absolute Gasteiger partial charge is 0.469 e. The number of ether oxygens (including phenoxy) is 1. The fourth-order valence-electron chi connectivity index (χ4n) is 2.38. The summed E-state index contributed by atoms with van der Waals surface area (Å²) in [5.41, 5.74) is 6.07. The third-order valence-corrected chi connectivity index (χ3v) is 4.33. The van der Waals surface area contributed by atoms with Crippen LogP contribution >= 0.6 is 11.3 Å². The topological polar surface area (TPSA) is 72.6 Å². The molecule has 1 unspecified atom stereocenters. The molecule has 0 saturated carbocycles. The van der Waals surface area contributed by atoms with Gasteiger partial charge in [-0.2, -0.15) is 0 Å². The van der Waals surface area contributed by atoms with Gasteiger partial charge in [0.05, 0.1) is 19.6 Å². The number of hydrogen-bond acceptors (Lipinski definition) is 5. The fourth-order valence-corrected chi connectivity index (χ4v) is 3.20. The summed E-state index contributed by atoms with van der Waals surface area (Å²) in [6.45, 7) is 1.33. The van der Waals surface area contributed by atoms with Gasteiger partial charge in [-0.25, -0.2) is 0 Å². The standard InChI is InChI=1S/C15H18N2O3S/c1-20-15(19)12-5-3-8-17(10-12)14(18)13-11(4-2-7-16)6-9-21-13/h6,9,12H,3,5,7-8,10,16H2,1H3. The Kier molecular flexibility index (Phi) is 5.37. The molecule has 1 aliphatic heterocycles. The minimum Gasteiger partial charge on any atom is -0.469 e. The molecule has 0 spiro atoms. The van der Waals surface area contributed by atoms with E-state index in [-0.39, 0.29) is 24.3 Å². The third kappa shape index (κ3) is 3.63. The van der Waals surface area contributed by atoms with Crippen molar-refractivity contribution in [2.75, 3.05) is 26.7 Å². The summed E-state index contributed by atoms with van der Waals surface area (Å²) in [5, 5.41) is 1.84. The molecule has 0 radical (unpaired) electrons. The molecular formula is C15H18N2O3S. The number of likely N-dealkylation sites (tertiary alicyclic amines) is 1. The summed E-state index contributed by atoms with van der Waals surface area (Å²) in [4.78, 5) is 26.5. The Labute approximate surface area is 128 Å². The minimum absolute atomic E-state index is 0.0695. The van der Waals surface area contributed by atoms with Crippen LogP contribution in [-0.2, 0) is 9.53 Å². The number of methoxy groups -OCH3 is 1. The second-order valence-electron chi connectivity index (χ2n) is 4.78. The van der Waals surface area contributed by atoms with Crippen LogP contribution in [0.15, 0.2) is 11.4 Å². The highest BCUT2D eigenvalue weighted by molar-refractivity contribution is 7.12. The van der Waals surface area contributed by atoms with Crippen LogP contribution in [0, 0.1) is 17.8 Å². The first-order chi connectivity index (χ1) is 10.2. The number of thiophene rings is 1. The molecule has 2 rings (SSSR count). The smallest absolute Gasteiger partial charge is 0.310 e. The number of amides is 1. The predicted molar refractivity (Wildman–Crippen MR) is 80.9 cm³/mol. The Hall–Kier alpha value is -1.84. The van der Waals surface area contributed by atoms with Gasteiger partial charge in [-0.1, -0.05) is 11.8 Å². The Morgan fingerprint density at radius 2 is 2.38 bits per heavy atom. The zero-order valence-corrected chi connectivity index (χ0v) is 12.7. The lowest BCUT2D eigenvalue weighted by Crippen LogP contribution is -2.42. The monoisotopic (exact) mass is 306 g/mol. The highest BCUT2D eigenvalue weighted by atomic mass is 32.1.